The molecule has 0 aliphatic carbocycles. The van der Waals surface area contributed by atoms with Crippen LogP contribution in [-0.4, -0.2) is 56.9 Å². The van der Waals surface area contributed by atoms with Gasteiger partial charge in [0.15, 0.2) is 0 Å². The van der Waals surface area contributed by atoms with E-state index in [1.807, 2.05) is 27.7 Å². The van der Waals surface area contributed by atoms with Crippen LogP contribution < -0.4 is 0 Å². The zero-order valence-corrected chi connectivity index (χ0v) is 17.3. The van der Waals surface area contributed by atoms with E-state index in [-0.39, 0.29) is 0 Å². The Bertz CT molecular complexity index is 358. The molecule has 148 valence electrons. The zero-order valence-electron chi connectivity index (χ0n) is 17.3. The van der Waals surface area contributed by atoms with Gasteiger partial charge < -0.3 is 29.6 Å². The molecule has 25 heavy (non-hydrogen) atoms. The summed E-state index contributed by atoms with van der Waals surface area (Å²) < 4.78 is 12.2. The van der Waals surface area contributed by atoms with Crippen molar-refractivity contribution in [2.24, 2.45) is 0 Å². The van der Waals surface area contributed by atoms with E-state index in [0.717, 1.165) is 12.8 Å². The minimum atomic E-state index is -1.27. The first-order chi connectivity index (χ1) is 11.0. The first kappa shape index (κ1) is 24.9. The summed E-state index contributed by atoms with van der Waals surface area (Å²) in [5, 5.41) is 38.5. The van der Waals surface area contributed by atoms with Crippen molar-refractivity contribution >= 4 is 14.2 Å². The lowest BCUT2D eigenvalue weighted by Crippen LogP contribution is -2.55. The smallest absolute Gasteiger partial charge is 0.427 e. The van der Waals surface area contributed by atoms with E-state index in [1.165, 1.54) is 0 Å². The fraction of sp³-hybridized carbons (Fsp3) is 1.00. The predicted octanol–water partition coefficient (Wildman–Crippen LogP) is 2.25. The molecule has 0 radical (unpaired) electrons. The summed E-state index contributed by atoms with van der Waals surface area (Å²) in [6, 6.07) is 0. The minimum absolute atomic E-state index is 0.344. The molecule has 6 nitrogen and oxygen atoms in total. The average Bonchev–Trinajstić information content (AvgIpc) is 2.33. The van der Waals surface area contributed by atoms with Crippen LogP contribution >= 0.6 is 0 Å². The molecule has 0 aromatic carbocycles. The van der Waals surface area contributed by atoms with Gasteiger partial charge in [-0.25, -0.2) is 0 Å². The molecule has 0 saturated heterocycles. The van der Waals surface area contributed by atoms with Crippen LogP contribution in [0.2, 0.25) is 12.6 Å². The molecule has 0 aliphatic heterocycles. The lowest BCUT2D eigenvalue weighted by molar-refractivity contribution is -0.134. The van der Waals surface area contributed by atoms with E-state index in [2.05, 4.69) is 0 Å². The lowest BCUT2D eigenvalue weighted by Gasteiger charge is -2.43. The van der Waals surface area contributed by atoms with E-state index in [1.54, 1.807) is 27.7 Å². The van der Waals surface area contributed by atoms with Gasteiger partial charge in [-0.1, -0.05) is 19.3 Å². The Morgan fingerprint density at radius 1 is 0.640 bits per heavy atom. The van der Waals surface area contributed by atoms with Crippen molar-refractivity contribution in [2.75, 3.05) is 0 Å². The second-order valence-corrected chi connectivity index (χ2v) is 8.92. The summed E-state index contributed by atoms with van der Waals surface area (Å²) in [6.45, 7) is 14.0. The molecular weight excluding hydrogens is 322 g/mol. The highest BCUT2D eigenvalue weighted by Crippen LogP contribution is 2.31. The molecule has 0 saturated carbocycles. The molecule has 0 spiro atoms. The summed E-state index contributed by atoms with van der Waals surface area (Å²) >= 11 is 0. The minimum Gasteiger partial charge on any atom is -0.427 e. The van der Waals surface area contributed by atoms with Gasteiger partial charge in [0.25, 0.3) is 0 Å². The van der Waals surface area contributed by atoms with Gasteiger partial charge in [-0.3, -0.25) is 0 Å². The van der Waals surface area contributed by atoms with Crippen LogP contribution in [0, 0.1) is 0 Å². The maximum Gasteiger partial charge on any atom is 0.457 e. The largest absolute Gasteiger partial charge is 0.457 e. The standard InChI is InChI=1S/C17H38B2O6/c1-14(2,20)16(5,6)24-19(13-11-9-10-12-18(22)23)25-17(7,8)15(3,4)21/h20-23H,9-13H2,1-8H3. The fourth-order valence-corrected chi connectivity index (χ4v) is 1.90. The van der Waals surface area contributed by atoms with Gasteiger partial charge in [-0.15, -0.1) is 0 Å². The van der Waals surface area contributed by atoms with Crippen molar-refractivity contribution in [3.63, 3.8) is 0 Å². The zero-order chi connectivity index (χ0) is 20.1. The Hall–Kier alpha value is -0.110. The fourth-order valence-electron chi connectivity index (χ4n) is 1.90. The van der Waals surface area contributed by atoms with Gasteiger partial charge in [0.1, 0.15) is 0 Å². The van der Waals surface area contributed by atoms with Gasteiger partial charge >= 0.3 is 14.2 Å². The molecule has 0 bridgehead atoms. The number of hydrogen-bond acceptors (Lipinski definition) is 6. The van der Waals surface area contributed by atoms with Crippen molar-refractivity contribution < 1.29 is 29.6 Å². The predicted molar refractivity (Wildman–Crippen MR) is 102 cm³/mol. The molecule has 0 atom stereocenters. The van der Waals surface area contributed by atoms with Gasteiger partial charge in [0.2, 0.25) is 0 Å². The Kier molecular flexibility index (Phi) is 9.16. The van der Waals surface area contributed by atoms with Gasteiger partial charge in [-0.05, 0) is 68.0 Å². The third kappa shape index (κ3) is 8.89. The molecule has 0 heterocycles. The molecule has 0 aromatic rings. The quantitative estimate of drug-likeness (QED) is 0.315. The third-order valence-electron chi connectivity index (χ3n) is 5.20. The summed E-state index contributed by atoms with van der Waals surface area (Å²) in [5.41, 5.74) is -3.80. The van der Waals surface area contributed by atoms with Crippen molar-refractivity contribution in [2.45, 2.75) is 110 Å². The topological polar surface area (TPSA) is 99.4 Å². The number of unbranched alkanes of at least 4 members (excludes halogenated alkanes) is 2. The van der Waals surface area contributed by atoms with Crippen LogP contribution in [0.25, 0.3) is 0 Å². The molecule has 0 fully saturated rings. The highest BCUT2D eigenvalue weighted by Gasteiger charge is 2.44. The monoisotopic (exact) mass is 360 g/mol. The molecule has 0 unspecified atom stereocenters. The van der Waals surface area contributed by atoms with Crippen LogP contribution in [0.5, 0.6) is 0 Å². The molecule has 0 rings (SSSR count). The molecule has 0 amide bonds. The maximum atomic E-state index is 10.3. The van der Waals surface area contributed by atoms with E-state index >= 15 is 0 Å². The van der Waals surface area contributed by atoms with E-state index in [9.17, 15) is 10.2 Å². The first-order valence-electron chi connectivity index (χ1n) is 9.16. The van der Waals surface area contributed by atoms with Gasteiger partial charge in [0, 0.05) is 0 Å². The SMILES string of the molecule is CC(C)(O)C(C)(C)OB(CCCCCB(O)O)OC(C)(C)C(C)(C)O. The van der Waals surface area contributed by atoms with Crippen LogP contribution in [0.4, 0.5) is 0 Å². The van der Waals surface area contributed by atoms with Crippen LogP contribution in [0.3, 0.4) is 0 Å². The van der Waals surface area contributed by atoms with Gasteiger partial charge in [-0.2, -0.15) is 0 Å². The van der Waals surface area contributed by atoms with Crippen LogP contribution in [0.1, 0.15) is 74.7 Å². The van der Waals surface area contributed by atoms with Gasteiger partial charge in [0.05, 0.1) is 22.4 Å². The first-order valence-corrected chi connectivity index (χ1v) is 9.16. The Balaban J connectivity index is 4.95. The van der Waals surface area contributed by atoms with Crippen molar-refractivity contribution in [3.8, 4) is 0 Å². The van der Waals surface area contributed by atoms with Crippen molar-refractivity contribution in [3.05, 3.63) is 0 Å². The molecule has 4 N–H and O–H groups in total. The Labute approximate surface area is 154 Å². The van der Waals surface area contributed by atoms with Crippen LogP contribution in [-0.2, 0) is 9.31 Å². The van der Waals surface area contributed by atoms with E-state index in [0.29, 0.717) is 19.1 Å². The summed E-state index contributed by atoms with van der Waals surface area (Å²) in [6.07, 6.45) is 3.22. The highest BCUT2D eigenvalue weighted by molar-refractivity contribution is 6.44. The second kappa shape index (κ2) is 9.20. The third-order valence-corrected chi connectivity index (χ3v) is 5.20. The number of aliphatic hydroxyl groups is 2. The normalized spacial score (nSPS) is 13.9. The lowest BCUT2D eigenvalue weighted by atomic mass is 9.75. The Morgan fingerprint density at radius 2 is 1.00 bits per heavy atom. The number of rotatable bonds is 12. The summed E-state index contributed by atoms with van der Waals surface area (Å²) in [5.74, 6) is 0. The Morgan fingerprint density at radius 3 is 1.32 bits per heavy atom. The van der Waals surface area contributed by atoms with E-state index in [4.69, 9.17) is 19.4 Å². The summed E-state index contributed by atoms with van der Waals surface area (Å²) in [4.78, 5) is 0. The number of hydrogen-bond donors (Lipinski definition) is 4. The summed E-state index contributed by atoms with van der Waals surface area (Å²) in [7, 11) is -1.87. The molecule has 8 heteroatoms. The van der Waals surface area contributed by atoms with Crippen molar-refractivity contribution in [1.29, 1.82) is 0 Å². The average molecular weight is 360 g/mol. The van der Waals surface area contributed by atoms with E-state index < -0.39 is 36.6 Å². The molecular formula is C17H38B2O6. The molecule has 0 aliphatic rings. The molecule has 0 aromatic heterocycles. The van der Waals surface area contributed by atoms with Crippen molar-refractivity contribution in [1.82, 2.24) is 0 Å². The second-order valence-electron chi connectivity index (χ2n) is 8.92. The van der Waals surface area contributed by atoms with Crippen LogP contribution in [0.15, 0.2) is 0 Å². The highest BCUT2D eigenvalue weighted by atomic mass is 16.6. The maximum absolute atomic E-state index is 10.3.